The van der Waals surface area contributed by atoms with Gasteiger partial charge in [0.25, 0.3) is 0 Å². The number of halogens is 1. The zero-order valence-corrected chi connectivity index (χ0v) is 17.2. The summed E-state index contributed by atoms with van der Waals surface area (Å²) in [5.74, 6) is -0.590. The number of fused-ring (bicyclic) bond motifs is 2. The molecule has 0 bridgehead atoms. The minimum absolute atomic E-state index is 0.247. The van der Waals surface area contributed by atoms with E-state index in [1.54, 1.807) is 17.5 Å². The van der Waals surface area contributed by atoms with Crippen molar-refractivity contribution >= 4 is 50.0 Å². The number of carboxylic acids is 1. The van der Waals surface area contributed by atoms with Crippen molar-refractivity contribution in [1.82, 2.24) is 14.9 Å². The fourth-order valence-corrected chi connectivity index (χ4v) is 5.60. The summed E-state index contributed by atoms with van der Waals surface area (Å²) in [7, 11) is 0. The molecule has 1 fully saturated rings. The van der Waals surface area contributed by atoms with E-state index < -0.39 is 12.0 Å². The molecule has 1 aliphatic heterocycles. The average molecular weight is 426 g/mol. The molecular weight excluding hydrogens is 406 g/mol. The number of piperidine rings is 1. The Morgan fingerprint density at radius 3 is 3.00 bits per heavy atom. The van der Waals surface area contributed by atoms with E-state index in [2.05, 4.69) is 16.0 Å². The van der Waals surface area contributed by atoms with Crippen molar-refractivity contribution in [1.29, 1.82) is 0 Å². The summed E-state index contributed by atoms with van der Waals surface area (Å²) in [4.78, 5) is 22.4. The van der Waals surface area contributed by atoms with Gasteiger partial charge in [-0.3, -0.25) is 9.69 Å². The number of thiazole rings is 1. The van der Waals surface area contributed by atoms with Crippen LogP contribution >= 0.6 is 22.9 Å². The van der Waals surface area contributed by atoms with Crippen LogP contribution in [0.1, 0.15) is 35.4 Å². The minimum Gasteiger partial charge on any atom is -0.480 e. The van der Waals surface area contributed by atoms with Gasteiger partial charge in [-0.1, -0.05) is 23.7 Å². The van der Waals surface area contributed by atoms with E-state index in [9.17, 15) is 9.90 Å². The molecular formula is C22H20ClN3O2S. The van der Waals surface area contributed by atoms with Crippen molar-refractivity contribution in [2.75, 3.05) is 13.1 Å². The van der Waals surface area contributed by atoms with Crippen LogP contribution < -0.4 is 0 Å². The van der Waals surface area contributed by atoms with Crippen LogP contribution in [0.3, 0.4) is 0 Å². The third-order valence-corrected chi connectivity index (χ3v) is 7.12. The van der Waals surface area contributed by atoms with Crippen molar-refractivity contribution in [3.8, 4) is 0 Å². The van der Waals surface area contributed by atoms with Gasteiger partial charge in [0, 0.05) is 40.1 Å². The molecule has 0 radical (unpaired) electrons. The molecule has 0 amide bonds. The maximum Gasteiger partial charge on any atom is 0.325 e. The Bertz CT molecular complexity index is 1170. The summed E-state index contributed by atoms with van der Waals surface area (Å²) in [6.45, 7) is 1.44. The molecule has 1 saturated heterocycles. The minimum atomic E-state index is -0.837. The first-order valence-electron chi connectivity index (χ1n) is 9.69. The fraction of sp³-hybridized carbons (Fsp3) is 0.273. The lowest BCUT2D eigenvalue weighted by molar-refractivity contribution is -0.144. The number of nitrogens with one attached hydrogen (secondary N) is 1. The van der Waals surface area contributed by atoms with E-state index in [0.29, 0.717) is 11.6 Å². The van der Waals surface area contributed by atoms with Crippen LogP contribution in [0.4, 0.5) is 0 Å². The Balaban J connectivity index is 1.48. The van der Waals surface area contributed by atoms with Gasteiger partial charge >= 0.3 is 5.97 Å². The van der Waals surface area contributed by atoms with Crippen molar-refractivity contribution in [3.63, 3.8) is 0 Å². The Morgan fingerprint density at radius 1 is 1.31 bits per heavy atom. The topological polar surface area (TPSA) is 69.2 Å². The second-order valence-electron chi connectivity index (χ2n) is 7.53. The molecule has 3 heterocycles. The van der Waals surface area contributed by atoms with Gasteiger partial charge in [0.05, 0.1) is 15.2 Å². The lowest BCUT2D eigenvalue weighted by Crippen LogP contribution is -2.40. The highest BCUT2D eigenvalue weighted by atomic mass is 35.5. The lowest BCUT2D eigenvalue weighted by atomic mass is 9.95. The van der Waals surface area contributed by atoms with Crippen LogP contribution in [0.25, 0.3) is 21.1 Å². The summed E-state index contributed by atoms with van der Waals surface area (Å²) in [6, 6.07) is 13.0. The fourth-order valence-electron chi connectivity index (χ4n) is 4.33. The molecule has 2 atom stereocenters. The first kappa shape index (κ1) is 18.6. The quantitative estimate of drug-likeness (QED) is 0.457. The SMILES string of the molecule is O=C(O)C(c1c[nH]c2ccc(Cl)cc12)N1CCCC(c2nc3ccccc3s2)C1. The third kappa shape index (κ3) is 3.41. The number of aromatic nitrogens is 2. The molecule has 7 heteroatoms. The number of benzene rings is 2. The summed E-state index contributed by atoms with van der Waals surface area (Å²) in [5.41, 5.74) is 2.68. The van der Waals surface area contributed by atoms with Gasteiger partial charge in [-0.25, -0.2) is 4.98 Å². The number of carboxylic acid groups (broad SMARTS) is 1. The predicted molar refractivity (Wildman–Crippen MR) is 117 cm³/mol. The van der Waals surface area contributed by atoms with E-state index in [4.69, 9.17) is 16.6 Å². The molecule has 1 aliphatic rings. The van der Waals surface area contributed by atoms with Crippen LogP contribution in [-0.2, 0) is 4.79 Å². The number of rotatable bonds is 4. The van der Waals surface area contributed by atoms with Gasteiger partial charge in [-0.05, 0) is 49.7 Å². The number of hydrogen-bond donors (Lipinski definition) is 2. The summed E-state index contributed by atoms with van der Waals surface area (Å²) in [5, 5.41) is 12.7. The van der Waals surface area contributed by atoms with Crippen molar-refractivity contribution in [3.05, 3.63) is 64.3 Å². The monoisotopic (exact) mass is 425 g/mol. The molecule has 2 aromatic carbocycles. The zero-order valence-electron chi connectivity index (χ0n) is 15.6. The number of aromatic amines is 1. The first-order chi connectivity index (χ1) is 14.1. The highest BCUT2D eigenvalue weighted by Crippen LogP contribution is 2.37. The van der Waals surface area contributed by atoms with E-state index in [0.717, 1.165) is 46.4 Å². The van der Waals surface area contributed by atoms with Crippen molar-refractivity contribution in [2.24, 2.45) is 0 Å². The second-order valence-corrected chi connectivity index (χ2v) is 9.03. The molecule has 4 aromatic rings. The molecule has 0 saturated carbocycles. The van der Waals surface area contributed by atoms with Gasteiger partial charge in [-0.2, -0.15) is 0 Å². The molecule has 29 heavy (non-hydrogen) atoms. The van der Waals surface area contributed by atoms with E-state index >= 15 is 0 Å². The maximum absolute atomic E-state index is 12.3. The molecule has 148 valence electrons. The Morgan fingerprint density at radius 2 is 2.17 bits per heavy atom. The van der Waals surface area contributed by atoms with Gasteiger partial charge in [-0.15, -0.1) is 11.3 Å². The van der Waals surface area contributed by atoms with Gasteiger partial charge in [0.2, 0.25) is 0 Å². The maximum atomic E-state index is 12.3. The summed E-state index contributed by atoms with van der Waals surface area (Å²) < 4.78 is 1.18. The average Bonchev–Trinajstić information content (AvgIpc) is 3.32. The van der Waals surface area contributed by atoms with Gasteiger partial charge in [0.1, 0.15) is 6.04 Å². The van der Waals surface area contributed by atoms with Crippen LogP contribution in [-0.4, -0.2) is 39.0 Å². The molecule has 2 N–H and O–H groups in total. The third-order valence-electron chi connectivity index (χ3n) is 5.68. The van der Waals surface area contributed by atoms with E-state index in [-0.39, 0.29) is 5.92 Å². The highest BCUT2D eigenvalue weighted by Gasteiger charge is 2.34. The van der Waals surface area contributed by atoms with Crippen LogP contribution in [0.5, 0.6) is 0 Å². The number of carbonyl (C=O) groups is 1. The first-order valence-corrected chi connectivity index (χ1v) is 10.9. The zero-order chi connectivity index (χ0) is 20.0. The molecule has 0 aliphatic carbocycles. The van der Waals surface area contributed by atoms with Crippen LogP contribution in [0, 0.1) is 0 Å². The van der Waals surface area contributed by atoms with Crippen molar-refractivity contribution in [2.45, 2.75) is 24.8 Å². The number of para-hydroxylation sites is 1. The predicted octanol–water partition coefficient (Wildman–Crippen LogP) is 5.44. The van der Waals surface area contributed by atoms with Crippen LogP contribution in [0.15, 0.2) is 48.7 Å². The number of aliphatic carboxylic acids is 1. The summed E-state index contributed by atoms with van der Waals surface area (Å²) in [6.07, 6.45) is 3.79. The molecule has 2 aromatic heterocycles. The smallest absolute Gasteiger partial charge is 0.325 e. The highest BCUT2D eigenvalue weighted by molar-refractivity contribution is 7.18. The molecule has 2 unspecified atom stereocenters. The number of H-pyrrole nitrogens is 1. The normalized spacial score (nSPS) is 19.0. The largest absolute Gasteiger partial charge is 0.480 e. The van der Waals surface area contributed by atoms with Crippen LogP contribution in [0.2, 0.25) is 5.02 Å². The Kier molecular flexibility index (Phi) is 4.78. The summed E-state index contributed by atoms with van der Waals surface area (Å²) >= 11 is 7.90. The van der Waals surface area contributed by atoms with E-state index in [1.165, 1.54) is 4.70 Å². The second kappa shape index (κ2) is 7.44. The lowest BCUT2D eigenvalue weighted by Gasteiger charge is -2.35. The standard InChI is InChI=1S/C22H20ClN3O2S/c23-14-7-8-17-15(10-14)16(11-24-17)20(22(27)28)26-9-3-4-13(12-26)21-25-18-5-1-2-6-19(18)29-21/h1-2,5-8,10-11,13,20,24H,3-4,9,12H2,(H,27,28). The molecule has 5 rings (SSSR count). The number of nitrogens with zero attached hydrogens (tertiary/aromatic N) is 2. The Hall–Kier alpha value is -2.41. The van der Waals surface area contributed by atoms with Gasteiger partial charge in [0.15, 0.2) is 0 Å². The van der Waals surface area contributed by atoms with Crippen molar-refractivity contribution < 1.29 is 9.90 Å². The van der Waals surface area contributed by atoms with E-state index in [1.807, 2.05) is 36.4 Å². The van der Waals surface area contributed by atoms with Gasteiger partial charge < -0.3 is 10.1 Å². The molecule has 0 spiro atoms. The Labute approximate surface area is 176 Å². The number of likely N-dealkylation sites (tertiary alicyclic amines) is 1. The molecule has 5 nitrogen and oxygen atoms in total. The number of hydrogen-bond acceptors (Lipinski definition) is 4.